The fourth-order valence-corrected chi connectivity index (χ4v) is 3.77. The third-order valence-corrected chi connectivity index (χ3v) is 4.91. The van der Waals surface area contributed by atoms with Gasteiger partial charge in [-0.3, -0.25) is 4.68 Å². The summed E-state index contributed by atoms with van der Waals surface area (Å²) >= 11 is 0. The molecule has 0 saturated carbocycles. The lowest BCUT2D eigenvalue weighted by atomic mass is 10.3. The molecule has 0 aliphatic carbocycles. The molecule has 108 valence electrons. The zero-order valence-electron chi connectivity index (χ0n) is 11.4. The SMILES string of the molecule is CC(C)n1cc(OCCNC2CCS(=O)(=O)C2)cn1. The molecular formula is C12H21N3O3S. The Hall–Kier alpha value is -1.08. The van der Waals surface area contributed by atoms with Gasteiger partial charge in [-0.1, -0.05) is 0 Å². The molecule has 1 aliphatic rings. The van der Waals surface area contributed by atoms with Crippen LogP contribution in [-0.2, 0) is 9.84 Å². The van der Waals surface area contributed by atoms with Crippen molar-refractivity contribution in [2.24, 2.45) is 0 Å². The van der Waals surface area contributed by atoms with Crippen molar-refractivity contribution in [1.29, 1.82) is 0 Å². The molecule has 0 aromatic carbocycles. The van der Waals surface area contributed by atoms with E-state index in [1.165, 1.54) is 0 Å². The Balaban J connectivity index is 1.67. The first-order chi connectivity index (χ1) is 8.96. The van der Waals surface area contributed by atoms with Crippen molar-refractivity contribution in [3.8, 4) is 5.75 Å². The summed E-state index contributed by atoms with van der Waals surface area (Å²) in [5, 5.41) is 7.39. The number of nitrogens with zero attached hydrogens (tertiary/aromatic N) is 2. The second-order valence-corrected chi connectivity index (χ2v) is 7.38. The minimum Gasteiger partial charge on any atom is -0.489 e. The molecule has 1 aliphatic heterocycles. The lowest BCUT2D eigenvalue weighted by molar-refractivity contribution is 0.306. The third-order valence-electron chi connectivity index (χ3n) is 3.14. The predicted molar refractivity (Wildman–Crippen MR) is 73.2 cm³/mol. The lowest BCUT2D eigenvalue weighted by Gasteiger charge is -2.10. The summed E-state index contributed by atoms with van der Waals surface area (Å²) in [6, 6.07) is 0.395. The van der Waals surface area contributed by atoms with Gasteiger partial charge in [-0.05, 0) is 20.3 Å². The standard InChI is InChI=1S/C12H21N3O3S/c1-10(2)15-8-12(7-14-15)18-5-4-13-11-3-6-19(16,17)9-11/h7-8,10-11,13H,3-6,9H2,1-2H3. The average Bonchev–Trinajstić information content (AvgIpc) is 2.91. The first kappa shape index (κ1) is 14.3. The molecule has 1 N–H and O–H groups in total. The number of hydrogen-bond donors (Lipinski definition) is 1. The molecule has 19 heavy (non-hydrogen) atoms. The second-order valence-electron chi connectivity index (χ2n) is 5.15. The maximum absolute atomic E-state index is 11.3. The van der Waals surface area contributed by atoms with Crippen molar-refractivity contribution in [2.45, 2.75) is 32.4 Å². The molecule has 0 bridgehead atoms. The number of sulfone groups is 1. The Morgan fingerprint density at radius 1 is 1.58 bits per heavy atom. The van der Waals surface area contributed by atoms with Gasteiger partial charge in [0.25, 0.3) is 0 Å². The van der Waals surface area contributed by atoms with Gasteiger partial charge in [0.05, 0.1) is 23.9 Å². The highest BCUT2D eigenvalue weighted by Crippen LogP contribution is 2.13. The Labute approximate surface area is 114 Å². The first-order valence-electron chi connectivity index (χ1n) is 6.57. The van der Waals surface area contributed by atoms with Crippen LogP contribution in [0.3, 0.4) is 0 Å². The van der Waals surface area contributed by atoms with Gasteiger partial charge in [-0.15, -0.1) is 0 Å². The fourth-order valence-electron chi connectivity index (χ4n) is 2.07. The van der Waals surface area contributed by atoms with E-state index in [4.69, 9.17) is 4.74 Å². The minimum atomic E-state index is -2.81. The van der Waals surface area contributed by atoms with Gasteiger partial charge < -0.3 is 10.1 Å². The largest absolute Gasteiger partial charge is 0.489 e. The summed E-state index contributed by atoms with van der Waals surface area (Å²) in [6.45, 7) is 5.27. The van der Waals surface area contributed by atoms with Crippen molar-refractivity contribution in [3.63, 3.8) is 0 Å². The highest BCUT2D eigenvalue weighted by molar-refractivity contribution is 7.91. The van der Waals surface area contributed by atoms with Crippen molar-refractivity contribution in [1.82, 2.24) is 15.1 Å². The first-order valence-corrected chi connectivity index (χ1v) is 8.39. The van der Waals surface area contributed by atoms with Crippen molar-refractivity contribution >= 4 is 9.84 Å². The van der Waals surface area contributed by atoms with E-state index in [0.717, 1.165) is 5.75 Å². The van der Waals surface area contributed by atoms with E-state index in [1.54, 1.807) is 6.20 Å². The van der Waals surface area contributed by atoms with Gasteiger partial charge in [0.15, 0.2) is 15.6 Å². The second kappa shape index (κ2) is 5.92. The van der Waals surface area contributed by atoms with Crippen LogP contribution in [0.5, 0.6) is 5.75 Å². The lowest BCUT2D eigenvalue weighted by Crippen LogP contribution is -2.33. The van der Waals surface area contributed by atoms with Crippen molar-refractivity contribution < 1.29 is 13.2 Å². The topological polar surface area (TPSA) is 73.2 Å². The number of ether oxygens (including phenoxy) is 1. The average molecular weight is 287 g/mol. The molecule has 1 aromatic heterocycles. The molecular weight excluding hydrogens is 266 g/mol. The highest BCUT2D eigenvalue weighted by atomic mass is 32.2. The molecule has 2 rings (SSSR count). The van der Waals surface area contributed by atoms with Gasteiger partial charge in [0.2, 0.25) is 0 Å². The van der Waals surface area contributed by atoms with Gasteiger partial charge in [-0.25, -0.2) is 8.42 Å². The van der Waals surface area contributed by atoms with Crippen LogP contribution in [0.1, 0.15) is 26.3 Å². The summed E-state index contributed by atoms with van der Waals surface area (Å²) in [5.74, 6) is 1.29. The Bertz CT molecular complexity index is 510. The third kappa shape index (κ3) is 4.21. The quantitative estimate of drug-likeness (QED) is 0.776. The van der Waals surface area contributed by atoms with Crippen LogP contribution in [0.2, 0.25) is 0 Å². The summed E-state index contributed by atoms with van der Waals surface area (Å²) < 4.78 is 30.0. The van der Waals surface area contributed by atoms with Crippen LogP contribution in [0.15, 0.2) is 12.4 Å². The molecule has 0 radical (unpaired) electrons. The van der Waals surface area contributed by atoms with E-state index in [9.17, 15) is 8.42 Å². The maximum atomic E-state index is 11.3. The molecule has 7 heteroatoms. The van der Waals surface area contributed by atoms with Crippen LogP contribution in [-0.4, -0.2) is 48.9 Å². The molecule has 1 unspecified atom stereocenters. The molecule has 2 heterocycles. The Morgan fingerprint density at radius 2 is 2.37 bits per heavy atom. The van der Waals surface area contributed by atoms with Crippen molar-refractivity contribution in [3.05, 3.63) is 12.4 Å². The molecule has 1 saturated heterocycles. The number of aromatic nitrogens is 2. The van der Waals surface area contributed by atoms with Crippen LogP contribution in [0.25, 0.3) is 0 Å². The smallest absolute Gasteiger partial charge is 0.157 e. The summed E-state index contributed by atoms with van der Waals surface area (Å²) in [4.78, 5) is 0. The Kier molecular flexibility index (Phi) is 4.46. The van der Waals surface area contributed by atoms with Gasteiger partial charge in [-0.2, -0.15) is 5.10 Å². The maximum Gasteiger partial charge on any atom is 0.157 e. The van der Waals surface area contributed by atoms with Crippen LogP contribution >= 0.6 is 0 Å². The normalized spacial score (nSPS) is 21.9. The van der Waals surface area contributed by atoms with Crippen LogP contribution < -0.4 is 10.1 Å². The zero-order chi connectivity index (χ0) is 13.9. The van der Waals surface area contributed by atoms with E-state index in [2.05, 4.69) is 24.3 Å². The van der Waals surface area contributed by atoms with Crippen LogP contribution in [0.4, 0.5) is 0 Å². The van der Waals surface area contributed by atoms with Gasteiger partial charge in [0.1, 0.15) is 6.61 Å². The van der Waals surface area contributed by atoms with E-state index >= 15 is 0 Å². The number of nitrogens with one attached hydrogen (secondary N) is 1. The molecule has 0 amide bonds. The van der Waals surface area contributed by atoms with Crippen molar-refractivity contribution in [2.75, 3.05) is 24.7 Å². The summed E-state index contributed by atoms with van der Waals surface area (Å²) in [5.41, 5.74) is 0. The van der Waals surface area contributed by atoms with E-state index in [-0.39, 0.29) is 11.8 Å². The monoisotopic (exact) mass is 287 g/mol. The number of rotatable bonds is 6. The summed E-state index contributed by atoms with van der Waals surface area (Å²) in [7, 11) is -2.81. The van der Waals surface area contributed by atoms with Crippen LogP contribution in [0, 0.1) is 0 Å². The Morgan fingerprint density at radius 3 is 2.95 bits per heavy atom. The van der Waals surface area contributed by atoms with Gasteiger partial charge in [0, 0.05) is 18.6 Å². The molecule has 6 nitrogen and oxygen atoms in total. The molecule has 1 fully saturated rings. The van der Waals surface area contributed by atoms with E-state index in [0.29, 0.717) is 31.4 Å². The highest BCUT2D eigenvalue weighted by Gasteiger charge is 2.26. The predicted octanol–water partition coefficient (Wildman–Crippen LogP) is 0.620. The summed E-state index contributed by atoms with van der Waals surface area (Å²) in [6.07, 6.45) is 4.26. The fraction of sp³-hybridized carbons (Fsp3) is 0.750. The van der Waals surface area contributed by atoms with E-state index in [1.807, 2.05) is 10.9 Å². The molecule has 1 aromatic rings. The minimum absolute atomic E-state index is 0.0759. The molecule has 0 spiro atoms. The van der Waals surface area contributed by atoms with Gasteiger partial charge >= 0.3 is 0 Å². The number of hydrogen-bond acceptors (Lipinski definition) is 5. The zero-order valence-corrected chi connectivity index (χ0v) is 12.2. The molecule has 1 atom stereocenters. The van der Waals surface area contributed by atoms with E-state index < -0.39 is 9.84 Å².